The monoisotopic (exact) mass is 382 g/mol. The van der Waals surface area contributed by atoms with Crippen LogP contribution in [0.5, 0.6) is 0 Å². The lowest BCUT2D eigenvalue weighted by Crippen LogP contribution is -2.29. The van der Waals surface area contributed by atoms with E-state index in [-0.39, 0.29) is 5.91 Å². The van der Waals surface area contributed by atoms with Crippen molar-refractivity contribution in [2.45, 2.75) is 65.3 Å². The van der Waals surface area contributed by atoms with Gasteiger partial charge in [0, 0.05) is 35.8 Å². The number of hydrogen-bond donors (Lipinski definition) is 1. The first-order chi connectivity index (χ1) is 13.1. The zero-order chi connectivity index (χ0) is 18.8. The Balaban J connectivity index is 1.45. The van der Waals surface area contributed by atoms with Crippen molar-refractivity contribution < 1.29 is 4.79 Å². The van der Waals surface area contributed by atoms with Gasteiger partial charge in [0.15, 0.2) is 0 Å². The molecule has 4 heteroatoms. The van der Waals surface area contributed by atoms with E-state index >= 15 is 0 Å². The summed E-state index contributed by atoms with van der Waals surface area (Å²) in [5.74, 6) is 0.758. The molecule has 0 unspecified atom stereocenters. The maximum atomic E-state index is 12.6. The van der Waals surface area contributed by atoms with E-state index in [9.17, 15) is 4.79 Å². The van der Waals surface area contributed by atoms with Crippen LogP contribution in [0.25, 0.3) is 0 Å². The van der Waals surface area contributed by atoms with Gasteiger partial charge >= 0.3 is 0 Å². The number of rotatable bonds is 4. The van der Waals surface area contributed by atoms with Crippen LogP contribution < -0.4 is 10.2 Å². The van der Waals surface area contributed by atoms with E-state index in [1.54, 1.807) is 0 Å². The molecule has 144 valence electrons. The summed E-state index contributed by atoms with van der Waals surface area (Å²) < 4.78 is 0. The molecule has 0 atom stereocenters. The molecule has 27 heavy (non-hydrogen) atoms. The quantitative estimate of drug-likeness (QED) is 0.721. The van der Waals surface area contributed by atoms with Gasteiger partial charge in [-0.1, -0.05) is 19.3 Å². The zero-order valence-electron chi connectivity index (χ0n) is 16.5. The molecule has 4 rings (SSSR count). The Bertz CT molecular complexity index is 797. The van der Waals surface area contributed by atoms with E-state index in [2.05, 4.69) is 47.6 Å². The van der Waals surface area contributed by atoms with Crippen molar-refractivity contribution in [2.24, 2.45) is 5.92 Å². The second-order valence-electron chi connectivity index (χ2n) is 8.25. The van der Waals surface area contributed by atoms with Crippen LogP contribution in [0, 0.1) is 19.8 Å². The molecule has 1 saturated carbocycles. The number of nitrogens with zero attached hydrogens (tertiary/aromatic N) is 1. The molecule has 3 nitrogen and oxygen atoms in total. The Morgan fingerprint density at radius 1 is 1.19 bits per heavy atom. The molecule has 1 N–H and O–H groups in total. The van der Waals surface area contributed by atoms with Crippen molar-refractivity contribution in [3.63, 3.8) is 0 Å². The predicted octanol–water partition coefficient (Wildman–Crippen LogP) is 5.84. The molecule has 1 fully saturated rings. The summed E-state index contributed by atoms with van der Waals surface area (Å²) in [5, 5.41) is 5.42. The Hall–Kier alpha value is -1.81. The molecule has 2 aromatic rings. The van der Waals surface area contributed by atoms with E-state index in [0.29, 0.717) is 12.3 Å². The molecular formula is C23H30N2OS. The standard InChI is InChI=1S/C23H30N2OS/c1-16-12-20(25-10-8-21-19(15-25)9-11-27-21)13-17(2)23(16)24-22(26)14-18-6-4-3-5-7-18/h9,11-13,18H,3-8,10,14-15H2,1-2H3,(H,24,26). The van der Waals surface area contributed by atoms with Crippen molar-refractivity contribution in [3.05, 3.63) is 45.1 Å². The van der Waals surface area contributed by atoms with Gasteiger partial charge in [0.05, 0.1) is 0 Å². The Labute approximate surface area is 166 Å². The SMILES string of the molecule is Cc1cc(N2CCc3sccc3C2)cc(C)c1NC(=O)CC1CCCCC1. The van der Waals surface area contributed by atoms with Gasteiger partial charge in [0.25, 0.3) is 0 Å². The third-order valence-electron chi connectivity index (χ3n) is 6.15. The molecule has 1 aromatic heterocycles. The minimum absolute atomic E-state index is 0.182. The van der Waals surface area contributed by atoms with Gasteiger partial charge < -0.3 is 10.2 Å². The van der Waals surface area contributed by atoms with Crippen LogP contribution in [0.15, 0.2) is 23.6 Å². The second kappa shape index (κ2) is 8.05. The minimum Gasteiger partial charge on any atom is -0.367 e. The Morgan fingerprint density at radius 3 is 2.67 bits per heavy atom. The molecule has 1 amide bonds. The summed E-state index contributed by atoms with van der Waals surface area (Å²) in [7, 11) is 0. The number of fused-ring (bicyclic) bond motifs is 1. The maximum absolute atomic E-state index is 12.6. The molecule has 2 aliphatic rings. The number of amides is 1. The summed E-state index contributed by atoms with van der Waals surface area (Å²) in [4.78, 5) is 16.6. The highest BCUT2D eigenvalue weighted by Crippen LogP contribution is 2.32. The summed E-state index contributed by atoms with van der Waals surface area (Å²) in [6, 6.07) is 6.73. The highest BCUT2D eigenvalue weighted by atomic mass is 32.1. The van der Waals surface area contributed by atoms with Gasteiger partial charge in [0.1, 0.15) is 0 Å². The first kappa shape index (κ1) is 18.5. The number of benzene rings is 1. The maximum Gasteiger partial charge on any atom is 0.224 e. The third kappa shape index (κ3) is 4.21. The Morgan fingerprint density at radius 2 is 1.93 bits per heavy atom. The lowest BCUT2D eigenvalue weighted by Gasteiger charge is -2.30. The normalized spacial score (nSPS) is 17.6. The Kier molecular flexibility index (Phi) is 5.53. The van der Waals surface area contributed by atoms with Crippen LogP contribution in [0.2, 0.25) is 0 Å². The van der Waals surface area contributed by atoms with Crippen LogP contribution in [-0.4, -0.2) is 12.5 Å². The predicted molar refractivity (Wildman–Crippen MR) is 115 cm³/mol. The van der Waals surface area contributed by atoms with Crippen molar-refractivity contribution in [3.8, 4) is 0 Å². The summed E-state index contributed by atoms with van der Waals surface area (Å²) in [6.45, 7) is 6.30. The fraction of sp³-hybridized carbons (Fsp3) is 0.522. The molecule has 1 aromatic carbocycles. The minimum atomic E-state index is 0.182. The number of hydrogen-bond acceptors (Lipinski definition) is 3. The van der Waals surface area contributed by atoms with E-state index < -0.39 is 0 Å². The lowest BCUT2D eigenvalue weighted by molar-refractivity contribution is -0.117. The smallest absolute Gasteiger partial charge is 0.224 e. The number of nitrogens with one attached hydrogen (secondary N) is 1. The first-order valence-corrected chi connectivity index (χ1v) is 11.2. The fourth-order valence-corrected chi connectivity index (χ4v) is 5.52. The molecule has 0 radical (unpaired) electrons. The number of carbonyl (C=O) groups excluding carboxylic acids is 1. The second-order valence-corrected chi connectivity index (χ2v) is 9.25. The molecule has 1 aliphatic heterocycles. The van der Waals surface area contributed by atoms with E-state index in [1.807, 2.05) is 11.3 Å². The average Bonchev–Trinajstić information content (AvgIpc) is 3.13. The molecule has 1 aliphatic carbocycles. The van der Waals surface area contributed by atoms with E-state index in [0.717, 1.165) is 36.3 Å². The highest BCUT2D eigenvalue weighted by molar-refractivity contribution is 7.10. The van der Waals surface area contributed by atoms with Gasteiger partial charge in [-0.05, 0) is 79.3 Å². The topological polar surface area (TPSA) is 32.3 Å². The van der Waals surface area contributed by atoms with Gasteiger partial charge in [-0.15, -0.1) is 11.3 Å². The van der Waals surface area contributed by atoms with Crippen LogP contribution in [0.3, 0.4) is 0 Å². The fourth-order valence-electron chi connectivity index (χ4n) is 4.63. The molecule has 0 spiro atoms. The first-order valence-electron chi connectivity index (χ1n) is 10.3. The van der Waals surface area contributed by atoms with Gasteiger partial charge in [-0.25, -0.2) is 0 Å². The van der Waals surface area contributed by atoms with Crippen LogP contribution >= 0.6 is 11.3 Å². The van der Waals surface area contributed by atoms with Crippen molar-refractivity contribution in [1.82, 2.24) is 0 Å². The number of anilines is 2. The van der Waals surface area contributed by atoms with Gasteiger partial charge in [-0.3, -0.25) is 4.79 Å². The van der Waals surface area contributed by atoms with Crippen molar-refractivity contribution >= 4 is 28.6 Å². The summed E-state index contributed by atoms with van der Waals surface area (Å²) >= 11 is 1.88. The van der Waals surface area contributed by atoms with Crippen LogP contribution in [-0.2, 0) is 17.8 Å². The van der Waals surface area contributed by atoms with Gasteiger partial charge in [0.2, 0.25) is 5.91 Å². The number of carbonyl (C=O) groups is 1. The lowest BCUT2D eigenvalue weighted by atomic mass is 9.87. The van der Waals surface area contributed by atoms with E-state index in [4.69, 9.17) is 0 Å². The highest BCUT2D eigenvalue weighted by Gasteiger charge is 2.20. The van der Waals surface area contributed by atoms with Crippen LogP contribution in [0.4, 0.5) is 11.4 Å². The number of aryl methyl sites for hydroxylation is 2. The van der Waals surface area contributed by atoms with Gasteiger partial charge in [-0.2, -0.15) is 0 Å². The van der Waals surface area contributed by atoms with Crippen molar-refractivity contribution in [1.29, 1.82) is 0 Å². The molecule has 0 bridgehead atoms. The average molecular weight is 383 g/mol. The summed E-state index contributed by atoms with van der Waals surface area (Å²) in [6.07, 6.45) is 8.13. The summed E-state index contributed by atoms with van der Waals surface area (Å²) in [5.41, 5.74) is 6.07. The zero-order valence-corrected chi connectivity index (χ0v) is 17.3. The number of thiophene rings is 1. The van der Waals surface area contributed by atoms with Crippen molar-refractivity contribution in [2.75, 3.05) is 16.8 Å². The van der Waals surface area contributed by atoms with Crippen LogP contribution in [0.1, 0.15) is 60.1 Å². The molecule has 2 heterocycles. The largest absolute Gasteiger partial charge is 0.367 e. The molecule has 0 saturated heterocycles. The molecular weight excluding hydrogens is 352 g/mol. The van der Waals surface area contributed by atoms with E-state index in [1.165, 1.54) is 48.2 Å². The third-order valence-corrected chi connectivity index (χ3v) is 7.18.